The molecular weight excluding hydrogens is 276 g/mol. The number of carboxylic acid groups (broad SMARTS) is 1. The first-order chi connectivity index (χ1) is 9.11. The molecule has 0 spiro atoms. The third-order valence-corrected chi connectivity index (χ3v) is 3.96. The van der Waals surface area contributed by atoms with Gasteiger partial charge in [-0.1, -0.05) is 34.6 Å². The highest BCUT2D eigenvalue weighted by Gasteiger charge is 2.24. The fourth-order valence-electron chi connectivity index (χ4n) is 1.65. The second kappa shape index (κ2) is 6.35. The van der Waals surface area contributed by atoms with Gasteiger partial charge in [0.1, 0.15) is 11.7 Å². The summed E-state index contributed by atoms with van der Waals surface area (Å²) in [5, 5.41) is 14.2. The number of aromatic nitrogens is 1. The molecule has 0 saturated heterocycles. The van der Waals surface area contributed by atoms with E-state index in [0.717, 1.165) is 5.01 Å². The molecule has 1 heterocycles. The van der Waals surface area contributed by atoms with Crippen molar-refractivity contribution in [1.82, 2.24) is 10.3 Å². The zero-order chi connectivity index (χ0) is 15.5. The third-order valence-electron chi connectivity index (χ3n) is 2.69. The van der Waals surface area contributed by atoms with Gasteiger partial charge in [-0.25, -0.2) is 9.78 Å². The number of nitrogens with one attached hydrogen (secondary N) is 1. The van der Waals surface area contributed by atoms with Crippen LogP contribution in [0.1, 0.15) is 56.5 Å². The van der Waals surface area contributed by atoms with Crippen molar-refractivity contribution in [2.24, 2.45) is 5.92 Å². The van der Waals surface area contributed by atoms with Crippen LogP contribution in [0, 0.1) is 5.92 Å². The molecule has 1 aromatic rings. The topological polar surface area (TPSA) is 79.3 Å². The molecule has 0 bridgehead atoms. The summed E-state index contributed by atoms with van der Waals surface area (Å²) in [5.74, 6) is -1.25. The van der Waals surface area contributed by atoms with E-state index in [0.29, 0.717) is 6.42 Å². The summed E-state index contributed by atoms with van der Waals surface area (Å²) >= 11 is 1.41. The molecule has 0 unspecified atom stereocenters. The van der Waals surface area contributed by atoms with E-state index in [2.05, 4.69) is 10.3 Å². The second-order valence-electron chi connectivity index (χ2n) is 6.28. The quantitative estimate of drug-likeness (QED) is 0.876. The Balaban J connectivity index is 2.79. The van der Waals surface area contributed by atoms with Crippen molar-refractivity contribution in [2.75, 3.05) is 0 Å². The average Bonchev–Trinajstić information content (AvgIpc) is 2.75. The minimum atomic E-state index is -1.02. The standard InChI is InChI=1S/C14H22N2O3S/c1-8(2)6-9(12(18)19)15-11(17)10-7-20-13(16-10)14(3,4)5/h7-9H,6H2,1-5H3,(H,15,17)(H,18,19)/t9-/m1/s1. The summed E-state index contributed by atoms with van der Waals surface area (Å²) in [5.41, 5.74) is 0.169. The lowest BCUT2D eigenvalue weighted by Gasteiger charge is -2.16. The van der Waals surface area contributed by atoms with Crippen molar-refractivity contribution in [3.63, 3.8) is 0 Å². The van der Waals surface area contributed by atoms with Gasteiger partial charge in [-0.3, -0.25) is 4.79 Å². The molecule has 0 radical (unpaired) electrons. The van der Waals surface area contributed by atoms with Crippen LogP contribution in [0.15, 0.2) is 5.38 Å². The highest BCUT2D eigenvalue weighted by molar-refractivity contribution is 7.10. The van der Waals surface area contributed by atoms with Crippen molar-refractivity contribution in [3.8, 4) is 0 Å². The fraction of sp³-hybridized carbons (Fsp3) is 0.643. The molecule has 0 aromatic carbocycles. The van der Waals surface area contributed by atoms with Crippen LogP contribution in [0.4, 0.5) is 0 Å². The van der Waals surface area contributed by atoms with E-state index >= 15 is 0 Å². The van der Waals surface area contributed by atoms with Crippen molar-refractivity contribution in [1.29, 1.82) is 0 Å². The van der Waals surface area contributed by atoms with Crippen LogP contribution in [0.5, 0.6) is 0 Å². The summed E-state index contributed by atoms with van der Waals surface area (Å²) in [7, 11) is 0. The Morgan fingerprint density at radius 3 is 2.40 bits per heavy atom. The van der Waals surface area contributed by atoms with Crippen LogP contribution in [0.25, 0.3) is 0 Å². The number of rotatable bonds is 5. The van der Waals surface area contributed by atoms with Crippen molar-refractivity contribution >= 4 is 23.2 Å². The van der Waals surface area contributed by atoms with Gasteiger partial charge >= 0.3 is 5.97 Å². The monoisotopic (exact) mass is 298 g/mol. The molecule has 1 aromatic heterocycles. The number of nitrogens with zero attached hydrogens (tertiary/aromatic N) is 1. The molecule has 0 aliphatic rings. The first-order valence-electron chi connectivity index (χ1n) is 6.61. The van der Waals surface area contributed by atoms with E-state index in [4.69, 9.17) is 5.11 Å². The summed E-state index contributed by atoms with van der Waals surface area (Å²) in [6, 6.07) is -0.873. The lowest BCUT2D eigenvalue weighted by molar-refractivity contribution is -0.139. The molecule has 0 saturated carbocycles. The largest absolute Gasteiger partial charge is 0.480 e. The number of hydrogen-bond donors (Lipinski definition) is 2. The predicted octanol–water partition coefficient (Wildman–Crippen LogP) is 2.67. The molecule has 0 fully saturated rings. The molecule has 5 nitrogen and oxygen atoms in total. The maximum absolute atomic E-state index is 12.1. The molecule has 2 N–H and O–H groups in total. The molecular formula is C14H22N2O3S. The van der Waals surface area contributed by atoms with Gasteiger partial charge in [-0.05, 0) is 12.3 Å². The molecule has 0 aliphatic carbocycles. The van der Waals surface area contributed by atoms with Crippen LogP contribution < -0.4 is 5.32 Å². The van der Waals surface area contributed by atoms with Crippen LogP contribution in [0.2, 0.25) is 0 Å². The number of hydrogen-bond acceptors (Lipinski definition) is 4. The maximum Gasteiger partial charge on any atom is 0.326 e. The molecule has 20 heavy (non-hydrogen) atoms. The fourth-order valence-corrected chi connectivity index (χ4v) is 2.54. The van der Waals surface area contributed by atoms with Gasteiger partial charge in [0.2, 0.25) is 0 Å². The Bertz CT molecular complexity index is 489. The molecule has 6 heteroatoms. The van der Waals surface area contributed by atoms with Crippen molar-refractivity contribution < 1.29 is 14.7 Å². The summed E-state index contributed by atoms with van der Waals surface area (Å²) in [4.78, 5) is 27.5. The normalized spacial score (nSPS) is 13.3. The SMILES string of the molecule is CC(C)C[C@@H](NC(=O)c1csc(C(C)(C)C)n1)C(=O)O. The Morgan fingerprint density at radius 2 is 2.00 bits per heavy atom. The Hall–Kier alpha value is -1.43. The van der Waals surface area contributed by atoms with E-state index in [-0.39, 0.29) is 17.0 Å². The van der Waals surface area contributed by atoms with Crippen molar-refractivity contribution in [3.05, 3.63) is 16.1 Å². The number of amides is 1. The molecule has 0 aliphatic heterocycles. The summed E-state index contributed by atoms with van der Waals surface area (Å²) in [6.45, 7) is 9.90. The summed E-state index contributed by atoms with van der Waals surface area (Å²) < 4.78 is 0. The number of thiazole rings is 1. The van der Waals surface area contributed by atoms with Gasteiger partial charge in [0.15, 0.2) is 0 Å². The Kier molecular flexibility index (Phi) is 5.28. The highest BCUT2D eigenvalue weighted by atomic mass is 32.1. The van der Waals surface area contributed by atoms with Gasteiger partial charge in [-0.2, -0.15) is 0 Å². The van der Waals surface area contributed by atoms with Gasteiger partial charge in [0.05, 0.1) is 5.01 Å². The van der Waals surface area contributed by atoms with Crippen molar-refractivity contribution in [2.45, 2.75) is 52.5 Å². The van der Waals surface area contributed by atoms with E-state index in [1.54, 1.807) is 5.38 Å². The van der Waals surface area contributed by atoms with Gasteiger partial charge in [0.25, 0.3) is 5.91 Å². The third kappa shape index (κ3) is 4.59. The Labute approximate surface area is 123 Å². The number of carbonyl (C=O) groups excluding carboxylic acids is 1. The van der Waals surface area contributed by atoms with Crippen LogP contribution in [-0.4, -0.2) is 28.0 Å². The molecule has 1 atom stereocenters. The van der Waals surface area contributed by atoms with Crippen LogP contribution >= 0.6 is 11.3 Å². The minimum absolute atomic E-state index is 0.118. The highest BCUT2D eigenvalue weighted by Crippen LogP contribution is 2.25. The number of aliphatic carboxylic acids is 1. The van der Waals surface area contributed by atoms with Crippen LogP contribution in [0.3, 0.4) is 0 Å². The predicted molar refractivity (Wildman–Crippen MR) is 79.2 cm³/mol. The average molecular weight is 298 g/mol. The first kappa shape index (κ1) is 16.6. The first-order valence-corrected chi connectivity index (χ1v) is 7.49. The number of carboxylic acids is 1. The summed E-state index contributed by atoms with van der Waals surface area (Å²) in [6.07, 6.45) is 0.400. The number of carbonyl (C=O) groups is 2. The lowest BCUT2D eigenvalue weighted by Crippen LogP contribution is -2.41. The molecule has 1 amide bonds. The van der Waals surface area contributed by atoms with E-state index in [1.807, 2.05) is 34.6 Å². The second-order valence-corrected chi connectivity index (χ2v) is 7.14. The smallest absolute Gasteiger partial charge is 0.326 e. The van der Waals surface area contributed by atoms with E-state index in [9.17, 15) is 9.59 Å². The van der Waals surface area contributed by atoms with Crippen LogP contribution in [-0.2, 0) is 10.2 Å². The van der Waals surface area contributed by atoms with E-state index in [1.165, 1.54) is 11.3 Å². The van der Waals surface area contributed by atoms with Gasteiger partial charge in [0, 0.05) is 10.8 Å². The van der Waals surface area contributed by atoms with Gasteiger partial charge < -0.3 is 10.4 Å². The minimum Gasteiger partial charge on any atom is -0.480 e. The van der Waals surface area contributed by atoms with Gasteiger partial charge in [-0.15, -0.1) is 11.3 Å². The Morgan fingerprint density at radius 1 is 1.40 bits per heavy atom. The van der Waals surface area contributed by atoms with E-state index < -0.39 is 17.9 Å². The molecule has 112 valence electrons. The zero-order valence-corrected chi connectivity index (χ0v) is 13.4. The maximum atomic E-state index is 12.1. The lowest BCUT2D eigenvalue weighted by atomic mass is 9.98. The molecule has 1 rings (SSSR count). The zero-order valence-electron chi connectivity index (χ0n) is 12.6.